The summed E-state index contributed by atoms with van der Waals surface area (Å²) in [5.74, 6) is -2.44. The van der Waals surface area contributed by atoms with Gasteiger partial charge in [0.1, 0.15) is 21.9 Å². The van der Waals surface area contributed by atoms with Crippen molar-refractivity contribution in [2.75, 3.05) is 6.54 Å². The zero-order valence-corrected chi connectivity index (χ0v) is 17.0. The molecular weight excluding hydrogens is 482 g/mol. The van der Waals surface area contributed by atoms with Crippen LogP contribution in [0, 0.1) is 5.92 Å². The van der Waals surface area contributed by atoms with E-state index in [-0.39, 0.29) is 33.4 Å². The summed E-state index contributed by atoms with van der Waals surface area (Å²) in [4.78, 5) is 24.6. The van der Waals surface area contributed by atoms with Gasteiger partial charge in [0.05, 0.1) is 10.7 Å². The van der Waals surface area contributed by atoms with Crippen molar-refractivity contribution in [2.24, 2.45) is 11.0 Å². The third kappa shape index (κ3) is 3.98. The SMILES string of the molecule is O=C1NCC(c2ccccc2)C1C(=O)N/N=C/c1cc(Br)c(O)c(Br)c1O. The van der Waals surface area contributed by atoms with E-state index in [1.54, 1.807) is 0 Å². The highest BCUT2D eigenvalue weighted by Gasteiger charge is 2.40. The van der Waals surface area contributed by atoms with Gasteiger partial charge in [0.15, 0.2) is 0 Å². The first-order valence-electron chi connectivity index (χ1n) is 7.95. The minimum Gasteiger partial charge on any atom is -0.506 e. The molecule has 1 saturated heterocycles. The van der Waals surface area contributed by atoms with Gasteiger partial charge in [0.25, 0.3) is 5.91 Å². The normalized spacial score (nSPS) is 19.3. The number of rotatable bonds is 4. The summed E-state index contributed by atoms with van der Waals surface area (Å²) < 4.78 is 0.447. The van der Waals surface area contributed by atoms with Crippen LogP contribution in [-0.4, -0.2) is 34.8 Å². The van der Waals surface area contributed by atoms with Gasteiger partial charge in [-0.25, -0.2) is 5.43 Å². The molecule has 3 rings (SSSR count). The highest BCUT2D eigenvalue weighted by molar-refractivity contribution is 9.11. The fourth-order valence-corrected chi connectivity index (χ4v) is 4.04. The molecule has 9 heteroatoms. The van der Waals surface area contributed by atoms with Crippen LogP contribution in [0.15, 0.2) is 50.4 Å². The summed E-state index contributed by atoms with van der Waals surface area (Å²) in [5, 5.41) is 26.3. The predicted octanol–water partition coefficient (Wildman–Crippen LogP) is 2.60. The Bertz CT molecular complexity index is 919. The zero-order chi connectivity index (χ0) is 19.6. The molecule has 1 heterocycles. The van der Waals surface area contributed by atoms with Crippen molar-refractivity contribution in [3.05, 3.63) is 56.5 Å². The van der Waals surface area contributed by atoms with Gasteiger partial charge in [-0.3, -0.25) is 9.59 Å². The van der Waals surface area contributed by atoms with E-state index < -0.39 is 11.8 Å². The standard InChI is InChI=1S/C18H15Br2N3O4/c19-12-6-10(15(24)14(20)16(12)25)7-22-23-18(27)13-11(8-21-17(13)26)9-4-2-1-3-5-9/h1-7,11,13,24-25H,8H2,(H,21,26)(H,23,27)/b22-7+. The van der Waals surface area contributed by atoms with E-state index in [1.807, 2.05) is 30.3 Å². The molecule has 2 atom stereocenters. The third-order valence-corrected chi connectivity index (χ3v) is 5.62. The van der Waals surface area contributed by atoms with E-state index in [2.05, 4.69) is 47.7 Å². The zero-order valence-electron chi connectivity index (χ0n) is 13.8. The predicted molar refractivity (Wildman–Crippen MR) is 107 cm³/mol. The molecule has 0 saturated carbocycles. The Balaban J connectivity index is 1.75. The van der Waals surface area contributed by atoms with Crippen LogP contribution in [0.2, 0.25) is 0 Å². The van der Waals surface area contributed by atoms with E-state index in [1.165, 1.54) is 12.3 Å². The highest BCUT2D eigenvalue weighted by atomic mass is 79.9. The van der Waals surface area contributed by atoms with Gasteiger partial charge in [0.2, 0.25) is 5.91 Å². The van der Waals surface area contributed by atoms with Crippen molar-refractivity contribution in [3.63, 3.8) is 0 Å². The Morgan fingerprint density at radius 1 is 1.22 bits per heavy atom. The molecule has 1 fully saturated rings. The van der Waals surface area contributed by atoms with Crippen molar-refractivity contribution in [3.8, 4) is 11.5 Å². The largest absolute Gasteiger partial charge is 0.506 e. The van der Waals surface area contributed by atoms with E-state index in [9.17, 15) is 19.8 Å². The summed E-state index contributed by atoms with van der Waals surface area (Å²) in [7, 11) is 0. The Hall–Kier alpha value is -2.39. The number of amides is 2. The molecule has 4 N–H and O–H groups in total. The van der Waals surface area contributed by atoms with Gasteiger partial charge in [-0.05, 0) is 43.5 Å². The number of nitrogens with one attached hydrogen (secondary N) is 2. The van der Waals surface area contributed by atoms with E-state index >= 15 is 0 Å². The molecule has 0 spiro atoms. The van der Waals surface area contributed by atoms with Crippen molar-refractivity contribution in [1.82, 2.24) is 10.7 Å². The lowest BCUT2D eigenvalue weighted by Crippen LogP contribution is -2.34. The summed E-state index contributed by atoms with van der Waals surface area (Å²) >= 11 is 6.22. The van der Waals surface area contributed by atoms with E-state index in [0.717, 1.165) is 5.56 Å². The molecule has 140 valence electrons. The number of phenols is 2. The average molecular weight is 497 g/mol. The van der Waals surface area contributed by atoms with Crippen LogP contribution in [0.3, 0.4) is 0 Å². The Labute approximate surface area is 171 Å². The first-order chi connectivity index (χ1) is 12.9. The van der Waals surface area contributed by atoms with Crippen LogP contribution < -0.4 is 10.7 Å². The van der Waals surface area contributed by atoms with Crippen LogP contribution in [-0.2, 0) is 9.59 Å². The van der Waals surface area contributed by atoms with Gasteiger partial charge >= 0.3 is 0 Å². The molecule has 0 radical (unpaired) electrons. The Morgan fingerprint density at radius 2 is 1.93 bits per heavy atom. The maximum atomic E-state index is 12.5. The van der Waals surface area contributed by atoms with Crippen LogP contribution in [0.25, 0.3) is 0 Å². The molecule has 2 amide bonds. The van der Waals surface area contributed by atoms with Gasteiger partial charge in [-0.15, -0.1) is 0 Å². The first kappa shape index (κ1) is 19.4. The molecule has 2 unspecified atom stereocenters. The van der Waals surface area contributed by atoms with Gasteiger partial charge in [-0.1, -0.05) is 30.3 Å². The minimum absolute atomic E-state index is 0.101. The smallest absolute Gasteiger partial charge is 0.253 e. The van der Waals surface area contributed by atoms with Crippen molar-refractivity contribution < 1.29 is 19.8 Å². The second-order valence-corrected chi connectivity index (χ2v) is 7.58. The number of hydrogen-bond acceptors (Lipinski definition) is 5. The van der Waals surface area contributed by atoms with E-state index in [0.29, 0.717) is 11.0 Å². The summed E-state index contributed by atoms with van der Waals surface area (Å²) in [5.41, 5.74) is 3.51. The van der Waals surface area contributed by atoms with Crippen LogP contribution in [0.4, 0.5) is 0 Å². The van der Waals surface area contributed by atoms with E-state index in [4.69, 9.17) is 0 Å². The molecule has 2 aromatic carbocycles. The van der Waals surface area contributed by atoms with Crippen molar-refractivity contribution >= 4 is 49.9 Å². The average Bonchev–Trinajstić information content (AvgIpc) is 3.06. The maximum Gasteiger partial charge on any atom is 0.253 e. The Morgan fingerprint density at radius 3 is 2.63 bits per heavy atom. The summed E-state index contributed by atoms with van der Waals surface area (Å²) in [6.45, 7) is 0.378. The van der Waals surface area contributed by atoms with Crippen LogP contribution in [0.1, 0.15) is 17.0 Å². The fourth-order valence-electron chi connectivity index (χ4n) is 2.88. The lowest BCUT2D eigenvalue weighted by atomic mass is 9.88. The fraction of sp³-hybridized carbons (Fsp3) is 0.167. The molecule has 2 aromatic rings. The van der Waals surface area contributed by atoms with Crippen LogP contribution in [0.5, 0.6) is 11.5 Å². The van der Waals surface area contributed by atoms with Crippen molar-refractivity contribution in [2.45, 2.75) is 5.92 Å². The number of carbonyl (C=O) groups is 2. The molecule has 27 heavy (non-hydrogen) atoms. The number of nitrogens with zero attached hydrogens (tertiary/aromatic N) is 1. The van der Waals surface area contributed by atoms with Gasteiger partial charge in [-0.2, -0.15) is 5.10 Å². The number of hydrazone groups is 1. The topological polar surface area (TPSA) is 111 Å². The number of hydrogen-bond donors (Lipinski definition) is 4. The number of halogens is 2. The minimum atomic E-state index is -0.892. The van der Waals surface area contributed by atoms with Crippen molar-refractivity contribution in [1.29, 1.82) is 0 Å². The first-order valence-corrected chi connectivity index (χ1v) is 9.54. The Kier molecular flexibility index (Phi) is 5.81. The molecule has 1 aliphatic rings. The molecule has 0 bridgehead atoms. The van der Waals surface area contributed by atoms with Crippen LogP contribution >= 0.6 is 31.9 Å². The summed E-state index contributed by atoms with van der Waals surface area (Å²) in [6, 6.07) is 10.8. The molecule has 0 aromatic heterocycles. The number of phenolic OH excluding ortho intramolecular Hbond substituents is 2. The molecule has 1 aliphatic heterocycles. The second-order valence-electron chi connectivity index (χ2n) is 5.93. The third-order valence-electron chi connectivity index (χ3n) is 4.27. The van der Waals surface area contributed by atoms with Gasteiger partial charge < -0.3 is 15.5 Å². The molecular formula is C18H15Br2N3O4. The lowest BCUT2D eigenvalue weighted by molar-refractivity contribution is -0.133. The number of carbonyl (C=O) groups excluding carboxylic acids is 2. The molecule has 7 nitrogen and oxygen atoms in total. The number of aromatic hydroxyl groups is 2. The summed E-state index contributed by atoms with van der Waals surface area (Å²) in [6.07, 6.45) is 1.23. The van der Waals surface area contributed by atoms with Gasteiger partial charge in [0, 0.05) is 18.0 Å². The second kappa shape index (κ2) is 8.10. The monoisotopic (exact) mass is 495 g/mol. The molecule has 0 aliphatic carbocycles. The maximum absolute atomic E-state index is 12.5. The quantitative estimate of drug-likeness (QED) is 0.296. The number of benzene rings is 2. The lowest BCUT2D eigenvalue weighted by Gasteiger charge is -2.15. The highest BCUT2D eigenvalue weighted by Crippen LogP contribution is 2.40.